The monoisotopic (exact) mass is 368 g/mol. The Labute approximate surface area is 152 Å². The Bertz CT molecular complexity index is 1210. The van der Waals surface area contributed by atoms with Crippen LogP contribution < -0.4 is 5.69 Å². The number of hydrogen-bond acceptors (Lipinski definition) is 5. The van der Waals surface area contributed by atoms with E-state index in [2.05, 4.69) is 19.9 Å². The second-order valence-corrected chi connectivity index (χ2v) is 6.93. The topological polar surface area (TPSA) is 102 Å². The molecule has 0 spiro atoms. The number of aliphatic hydroxyl groups is 1. The van der Waals surface area contributed by atoms with Gasteiger partial charge in [0.1, 0.15) is 17.7 Å². The molecule has 2 N–H and O–H groups in total. The van der Waals surface area contributed by atoms with Gasteiger partial charge in [-0.2, -0.15) is 4.98 Å². The molecule has 1 saturated carbocycles. The van der Waals surface area contributed by atoms with Gasteiger partial charge >= 0.3 is 5.69 Å². The highest BCUT2D eigenvalue weighted by Gasteiger charge is 2.25. The summed E-state index contributed by atoms with van der Waals surface area (Å²) in [6.45, 7) is 0. The number of fused-ring (bicyclic) bond motifs is 2. The summed E-state index contributed by atoms with van der Waals surface area (Å²) >= 11 is 0. The fourth-order valence-corrected chi connectivity index (χ4v) is 3.88. The number of nitrogens with zero attached hydrogens (tertiary/aromatic N) is 5. The molecule has 0 radical (unpaired) electrons. The molecule has 0 bridgehead atoms. The van der Waals surface area contributed by atoms with Crippen LogP contribution in [0.3, 0.4) is 0 Å². The van der Waals surface area contributed by atoms with Crippen LogP contribution in [0.1, 0.15) is 31.7 Å². The van der Waals surface area contributed by atoms with E-state index in [1.165, 1.54) is 18.5 Å². The summed E-state index contributed by atoms with van der Waals surface area (Å²) in [6.07, 6.45) is 5.59. The van der Waals surface area contributed by atoms with Crippen molar-refractivity contribution in [3.63, 3.8) is 0 Å². The number of aliphatic hydroxyl groups excluding tert-OH is 1. The minimum atomic E-state index is -0.414. The van der Waals surface area contributed by atoms with Crippen molar-refractivity contribution in [1.29, 1.82) is 0 Å². The van der Waals surface area contributed by atoms with Crippen molar-refractivity contribution in [2.45, 2.75) is 37.8 Å². The Morgan fingerprint density at radius 1 is 1.26 bits per heavy atom. The SMILES string of the molecule is O=c1[nH]c2cnc(-n3cnc4ccc(F)cc43)nc2n1C1CCC[C@H](O)C1. The Morgan fingerprint density at radius 3 is 3.00 bits per heavy atom. The van der Waals surface area contributed by atoms with E-state index in [0.717, 1.165) is 19.3 Å². The maximum atomic E-state index is 13.7. The molecular formula is C18H17FN6O2. The summed E-state index contributed by atoms with van der Waals surface area (Å²) in [7, 11) is 0. The number of halogens is 1. The van der Waals surface area contributed by atoms with Crippen LogP contribution in [0.25, 0.3) is 28.1 Å². The quantitative estimate of drug-likeness (QED) is 0.564. The van der Waals surface area contributed by atoms with E-state index >= 15 is 0 Å². The Hall–Kier alpha value is -3.07. The molecule has 4 aromatic rings. The maximum Gasteiger partial charge on any atom is 0.327 e. The largest absolute Gasteiger partial charge is 0.393 e. The summed E-state index contributed by atoms with van der Waals surface area (Å²) < 4.78 is 16.8. The van der Waals surface area contributed by atoms with Gasteiger partial charge in [-0.25, -0.2) is 19.2 Å². The molecular weight excluding hydrogens is 351 g/mol. The predicted octanol–water partition coefficient (Wildman–Crippen LogP) is 2.07. The van der Waals surface area contributed by atoms with Gasteiger partial charge in [0, 0.05) is 12.1 Å². The van der Waals surface area contributed by atoms with Crippen molar-refractivity contribution in [2.24, 2.45) is 0 Å². The molecule has 3 aromatic heterocycles. The second-order valence-electron chi connectivity index (χ2n) is 6.93. The van der Waals surface area contributed by atoms with Crippen LogP contribution in [0.4, 0.5) is 4.39 Å². The minimum absolute atomic E-state index is 0.116. The van der Waals surface area contributed by atoms with Crippen LogP contribution in [-0.4, -0.2) is 40.3 Å². The zero-order valence-electron chi connectivity index (χ0n) is 14.3. The molecule has 5 rings (SSSR count). The van der Waals surface area contributed by atoms with Gasteiger partial charge in [0.05, 0.1) is 23.3 Å². The van der Waals surface area contributed by atoms with Gasteiger partial charge in [-0.3, -0.25) is 9.13 Å². The molecule has 0 aliphatic heterocycles. The van der Waals surface area contributed by atoms with Crippen LogP contribution in [0.15, 0.2) is 35.5 Å². The molecule has 2 atom stereocenters. The van der Waals surface area contributed by atoms with Crippen LogP contribution in [0.5, 0.6) is 0 Å². The third kappa shape index (κ3) is 2.62. The summed E-state index contributed by atoms with van der Waals surface area (Å²) in [5.41, 5.74) is 1.91. The Morgan fingerprint density at radius 2 is 2.15 bits per heavy atom. The average molecular weight is 368 g/mol. The van der Waals surface area contributed by atoms with Gasteiger partial charge in [0.15, 0.2) is 5.65 Å². The number of aromatic nitrogens is 6. The second kappa shape index (κ2) is 5.98. The van der Waals surface area contributed by atoms with Crippen molar-refractivity contribution in [2.75, 3.05) is 0 Å². The van der Waals surface area contributed by atoms with Crippen LogP contribution >= 0.6 is 0 Å². The number of hydrogen-bond donors (Lipinski definition) is 2. The summed E-state index contributed by atoms with van der Waals surface area (Å²) in [5.74, 6) is -0.0696. The first-order chi connectivity index (χ1) is 13.1. The van der Waals surface area contributed by atoms with E-state index in [1.54, 1.807) is 21.4 Å². The van der Waals surface area contributed by atoms with Crippen molar-refractivity contribution >= 4 is 22.2 Å². The van der Waals surface area contributed by atoms with E-state index in [9.17, 15) is 14.3 Å². The lowest BCUT2D eigenvalue weighted by Gasteiger charge is -2.26. The predicted molar refractivity (Wildman–Crippen MR) is 96.2 cm³/mol. The highest BCUT2D eigenvalue weighted by molar-refractivity contribution is 5.77. The zero-order valence-corrected chi connectivity index (χ0v) is 14.3. The first-order valence-electron chi connectivity index (χ1n) is 8.88. The number of aromatic amines is 1. The molecule has 27 heavy (non-hydrogen) atoms. The molecule has 3 heterocycles. The fraction of sp³-hybridized carbons (Fsp3) is 0.333. The zero-order chi connectivity index (χ0) is 18.5. The van der Waals surface area contributed by atoms with Crippen LogP contribution in [0.2, 0.25) is 0 Å². The average Bonchev–Trinajstić information content (AvgIpc) is 3.20. The van der Waals surface area contributed by atoms with E-state index in [0.29, 0.717) is 34.6 Å². The van der Waals surface area contributed by atoms with Gasteiger partial charge in [-0.05, 0) is 37.8 Å². The molecule has 1 fully saturated rings. The first-order valence-corrected chi connectivity index (χ1v) is 8.88. The van der Waals surface area contributed by atoms with Crippen molar-refractivity contribution < 1.29 is 9.50 Å². The van der Waals surface area contributed by atoms with E-state index < -0.39 is 6.10 Å². The van der Waals surface area contributed by atoms with Gasteiger partial charge in [-0.15, -0.1) is 0 Å². The molecule has 1 aromatic carbocycles. The number of benzene rings is 1. The van der Waals surface area contributed by atoms with E-state index in [1.807, 2.05) is 0 Å². The normalized spacial score (nSPS) is 20.5. The van der Waals surface area contributed by atoms with Gasteiger partial charge in [-0.1, -0.05) is 0 Å². The summed E-state index contributed by atoms with van der Waals surface area (Å²) in [5, 5.41) is 9.98. The molecule has 1 unspecified atom stereocenters. The third-order valence-electron chi connectivity index (χ3n) is 5.15. The van der Waals surface area contributed by atoms with Gasteiger partial charge in [0.25, 0.3) is 0 Å². The fourth-order valence-electron chi connectivity index (χ4n) is 3.88. The molecule has 0 amide bonds. The minimum Gasteiger partial charge on any atom is -0.393 e. The lowest BCUT2D eigenvalue weighted by Crippen LogP contribution is -2.29. The lowest BCUT2D eigenvalue weighted by atomic mass is 9.93. The highest BCUT2D eigenvalue weighted by atomic mass is 19.1. The summed E-state index contributed by atoms with van der Waals surface area (Å²) in [6, 6.07) is 4.20. The highest BCUT2D eigenvalue weighted by Crippen LogP contribution is 2.29. The molecule has 0 saturated heterocycles. The first kappa shape index (κ1) is 16.1. The van der Waals surface area contributed by atoms with Crippen molar-refractivity contribution in [3.8, 4) is 5.95 Å². The molecule has 1 aliphatic carbocycles. The van der Waals surface area contributed by atoms with Crippen LogP contribution in [0, 0.1) is 5.82 Å². The summed E-state index contributed by atoms with van der Waals surface area (Å²) in [4.78, 5) is 28.4. The third-order valence-corrected chi connectivity index (χ3v) is 5.15. The van der Waals surface area contributed by atoms with Crippen molar-refractivity contribution in [1.82, 2.24) is 29.1 Å². The van der Waals surface area contributed by atoms with E-state index in [-0.39, 0.29) is 17.5 Å². The van der Waals surface area contributed by atoms with Gasteiger partial charge in [0.2, 0.25) is 5.95 Å². The Kier molecular flexibility index (Phi) is 3.57. The van der Waals surface area contributed by atoms with Crippen molar-refractivity contribution in [3.05, 3.63) is 47.0 Å². The number of imidazole rings is 2. The molecule has 9 heteroatoms. The number of rotatable bonds is 2. The van der Waals surface area contributed by atoms with Crippen LogP contribution in [-0.2, 0) is 0 Å². The maximum absolute atomic E-state index is 13.7. The number of H-pyrrole nitrogens is 1. The standard InChI is InChI=1S/C18H17FN6O2/c19-10-4-5-13-15(6-10)24(9-21-13)17-20-8-14-16(23-17)25(18(27)22-14)11-2-1-3-12(26)7-11/h4-6,8-9,11-12,26H,1-3,7H2,(H,22,27)/t11?,12-/m0/s1. The van der Waals surface area contributed by atoms with Gasteiger partial charge < -0.3 is 10.1 Å². The van der Waals surface area contributed by atoms with E-state index in [4.69, 9.17) is 0 Å². The molecule has 138 valence electrons. The number of nitrogens with one attached hydrogen (secondary N) is 1. The molecule has 1 aliphatic rings. The molecule has 8 nitrogen and oxygen atoms in total. The lowest BCUT2D eigenvalue weighted by molar-refractivity contribution is 0.104. The Balaban J connectivity index is 1.67. The smallest absolute Gasteiger partial charge is 0.327 e.